The fourth-order valence-corrected chi connectivity index (χ4v) is 1.96. The Kier molecular flexibility index (Phi) is 5.13. The fourth-order valence-electron chi connectivity index (χ4n) is 1.96. The number of amides is 1. The van der Waals surface area contributed by atoms with Crippen molar-refractivity contribution in [3.05, 3.63) is 53.6 Å². The topological polar surface area (TPSA) is 72.9 Å². The van der Waals surface area contributed by atoms with Crippen molar-refractivity contribution in [2.24, 2.45) is 5.73 Å². The molecule has 0 aliphatic rings. The molecule has 0 aliphatic carbocycles. The number of imidazole rings is 1. The van der Waals surface area contributed by atoms with Crippen molar-refractivity contribution in [2.75, 3.05) is 13.1 Å². The Morgan fingerprint density at radius 3 is 3.00 bits per heavy atom. The summed E-state index contributed by atoms with van der Waals surface area (Å²) in [5.41, 5.74) is 7.78. The van der Waals surface area contributed by atoms with Gasteiger partial charge in [0, 0.05) is 36.6 Å². The maximum atomic E-state index is 12.1. The first kappa shape index (κ1) is 14.8. The van der Waals surface area contributed by atoms with Crippen LogP contribution in [0.15, 0.2) is 36.9 Å². The second-order valence-electron chi connectivity index (χ2n) is 4.65. The number of nitrogens with zero attached hydrogens (tertiary/aromatic N) is 2. The molecule has 0 aliphatic heterocycles. The van der Waals surface area contributed by atoms with Crippen molar-refractivity contribution >= 4 is 5.91 Å². The lowest BCUT2D eigenvalue weighted by Crippen LogP contribution is -2.27. The Labute approximate surface area is 124 Å². The Balaban J connectivity index is 1.99. The fraction of sp³-hybridized carbons (Fsp3) is 0.250. The molecule has 1 aromatic heterocycles. The largest absolute Gasteiger partial charge is 0.350 e. The van der Waals surface area contributed by atoms with E-state index in [9.17, 15) is 4.79 Å². The van der Waals surface area contributed by atoms with E-state index in [1.807, 2.05) is 29.8 Å². The van der Waals surface area contributed by atoms with E-state index in [0.717, 1.165) is 11.1 Å². The number of carbonyl (C=O) groups is 1. The third-order valence-corrected chi connectivity index (χ3v) is 2.89. The minimum atomic E-state index is -0.102. The summed E-state index contributed by atoms with van der Waals surface area (Å²) in [4.78, 5) is 16.1. The van der Waals surface area contributed by atoms with E-state index in [2.05, 4.69) is 22.1 Å². The van der Waals surface area contributed by atoms with Gasteiger partial charge in [0.2, 0.25) is 0 Å². The highest BCUT2D eigenvalue weighted by molar-refractivity contribution is 5.94. The standard InChI is InChI=1S/C16H18N4O/c1-13-9-14(3-2-4-17)11-15(10-13)16(21)19-6-8-20-7-5-18-12-20/h5,7,9-12H,4,6,8,17H2,1H3,(H,19,21). The van der Waals surface area contributed by atoms with Crippen LogP contribution in [0.2, 0.25) is 0 Å². The molecular weight excluding hydrogens is 264 g/mol. The van der Waals surface area contributed by atoms with Crippen LogP contribution in [0.5, 0.6) is 0 Å². The summed E-state index contributed by atoms with van der Waals surface area (Å²) in [6.45, 7) is 3.49. The van der Waals surface area contributed by atoms with Gasteiger partial charge in [0.25, 0.3) is 5.91 Å². The van der Waals surface area contributed by atoms with Gasteiger partial charge in [-0.1, -0.05) is 11.8 Å². The number of aryl methyl sites for hydroxylation is 1. The van der Waals surface area contributed by atoms with Crippen molar-refractivity contribution in [1.29, 1.82) is 0 Å². The van der Waals surface area contributed by atoms with Crippen LogP contribution in [0.4, 0.5) is 0 Å². The molecule has 1 amide bonds. The van der Waals surface area contributed by atoms with Crippen LogP contribution in [0, 0.1) is 18.8 Å². The zero-order chi connectivity index (χ0) is 15.1. The normalized spacial score (nSPS) is 9.81. The molecule has 2 aromatic rings. The van der Waals surface area contributed by atoms with E-state index in [-0.39, 0.29) is 5.91 Å². The molecule has 21 heavy (non-hydrogen) atoms. The van der Waals surface area contributed by atoms with Gasteiger partial charge >= 0.3 is 0 Å². The summed E-state index contributed by atoms with van der Waals surface area (Å²) in [6, 6.07) is 5.56. The second-order valence-corrected chi connectivity index (χ2v) is 4.65. The van der Waals surface area contributed by atoms with Crippen LogP contribution in [0.25, 0.3) is 0 Å². The van der Waals surface area contributed by atoms with Gasteiger partial charge in [0.15, 0.2) is 0 Å². The number of hydrogen-bond donors (Lipinski definition) is 2. The van der Waals surface area contributed by atoms with Gasteiger partial charge in [-0.2, -0.15) is 0 Å². The molecule has 0 radical (unpaired) electrons. The van der Waals surface area contributed by atoms with Gasteiger partial charge in [0.05, 0.1) is 12.9 Å². The Bertz CT molecular complexity index is 665. The maximum absolute atomic E-state index is 12.1. The van der Waals surface area contributed by atoms with Crippen molar-refractivity contribution in [1.82, 2.24) is 14.9 Å². The van der Waals surface area contributed by atoms with E-state index in [1.54, 1.807) is 18.6 Å². The lowest BCUT2D eigenvalue weighted by Gasteiger charge is -2.07. The summed E-state index contributed by atoms with van der Waals surface area (Å²) < 4.78 is 1.91. The second kappa shape index (κ2) is 7.27. The highest BCUT2D eigenvalue weighted by Gasteiger charge is 2.06. The first-order valence-corrected chi connectivity index (χ1v) is 6.73. The van der Waals surface area contributed by atoms with Crippen LogP contribution < -0.4 is 11.1 Å². The molecule has 5 nitrogen and oxygen atoms in total. The van der Waals surface area contributed by atoms with Crippen LogP contribution in [-0.2, 0) is 6.54 Å². The zero-order valence-corrected chi connectivity index (χ0v) is 12.0. The third-order valence-electron chi connectivity index (χ3n) is 2.89. The minimum Gasteiger partial charge on any atom is -0.350 e. The molecule has 0 saturated carbocycles. The molecule has 5 heteroatoms. The monoisotopic (exact) mass is 282 g/mol. The van der Waals surface area contributed by atoms with Crippen LogP contribution in [0.3, 0.4) is 0 Å². The highest BCUT2D eigenvalue weighted by Crippen LogP contribution is 2.09. The molecule has 0 atom stereocenters. The van der Waals surface area contributed by atoms with E-state index >= 15 is 0 Å². The molecule has 2 rings (SSSR count). The molecule has 0 unspecified atom stereocenters. The van der Waals surface area contributed by atoms with Gasteiger partial charge < -0.3 is 15.6 Å². The maximum Gasteiger partial charge on any atom is 0.251 e. The Morgan fingerprint density at radius 1 is 1.43 bits per heavy atom. The van der Waals surface area contributed by atoms with Crippen LogP contribution >= 0.6 is 0 Å². The first-order valence-electron chi connectivity index (χ1n) is 6.73. The predicted octanol–water partition coefficient (Wildman–Crippen LogP) is 0.932. The quantitative estimate of drug-likeness (QED) is 0.819. The Morgan fingerprint density at radius 2 is 2.29 bits per heavy atom. The summed E-state index contributed by atoms with van der Waals surface area (Å²) in [5.74, 6) is 5.64. The summed E-state index contributed by atoms with van der Waals surface area (Å²) in [6.07, 6.45) is 5.30. The lowest BCUT2D eigenvalue weighted by molar-refractivity contribution is 0.0952. The molecule has 0 bridgehead atoms. The summed E-state index contributed by atoms with van der Waals surface area (Å²) in [7, 11) is 0. The SMILES string of the molecule is Cc1cc(C#CCN)cc(C(=O)NCCn2ccnc2)c1. The van der Waals surface area contributed by atoms with Crippen LogP contribution in [-0.4, -0.2) is 28.5 Å². The third kappa shape index (κ3) is 4.48. The molecule has 0 saturated heterocycles. The van der Waals surface area contributed by atoms with E-state index < -0.39 is 0 Å². The van der Waals surface area contributed by atoms with Crippen molar-refractivity contribution in [3.8, 4) is 11.8 Å². The van der Waals surface area contributed by atoms with Gasteiger partial charge in [-0.25, -0.2) is 4.98 Å². The summed E-state index contributed by atoms with van der Waals surface area (Å²) >= 11 is 0. The number of carbonyl (C=O) groups excluding carboxylic acids is 1. The van der Waals surface area contributed by atoms with Gasteiger partial charge in [-0.3, -0.25) is 4.79 Å². The number of benzene rings is 1. The van der Waals surface area contributed by atoms with E-state index in [0.29, 0.717) is 25.2 Å². The van der Waals surface area contributed by atoms with Crippen LogP contribution in [0.1, 0.15) is 21.5 Å². The van der Waals surface area contributed by atoms with Crippen molar-refractivity contribution in [3.63, 3.8) is 0 Å². The first-order chi connectivity index (χ1) is 10.2. The molecule has 0 fully saturated rings. The number of nitrogens with one attached hydrogen (secondary N) is 1. The molecule has 108 valence electrons. The van der Waals surface area contributed by atoms with Crippen molar-refractivity contribution in [2.45, 2.75) is 13.5 Å². The van der Waals surface area contributed by atoms with Gasteiger partial charge in [0.1, 0.15) is 0 Å². The molecule has 1 aromatic carbocycles. The lowest BCUT2D eigenvalue weighted by atomic mass is 10.1. The number of hydrogen-bond acceptors (Lipinski definition) is 3. The average molecular weight is 282 g/mol. The minimum absolute atomic E-state index is 0.102. The zero-order valence-electron chi connectivity index (χ0n) is 12.0. The number of aromatic nitrogens is 2. The number of rotatable bonds is 4. The van der Waals surface area contributed by atoms with E-state index in [1.165, 1.54) is 0 Å². The van der Waals surface area contributed by atoms with Gasteiger partial charge in [-0.15, -0.1) is 0 Å². The highest BCUT2D eigenvalue weighted by atomic mass is 16.1. The Hall–Kier alpha value is -2.58. The van der Waals surface area contributed by atoms with E-state index in [4.69, 9.17) is 5.73 Å². The average Bonchev–Trinajstić information content (AvgIpc) is 2.97. The smallest absolute Gasteiger partial charge is 0.251 e. The molecular formula is C16H18N4O. The molecule has 0 spiro atoms. The number of nitrogens with two attached hydrogens (primary N) is 1. The summed E-state index contributed by atoms with van der Waals surface area (Å²) in [5, 5.41) is 2.89. The van der Waals surface area contributed by atoms with Crippen molar-refractivity contribution < 1.29 is 4.79 Å². The molecule has 1 heterocycles. The predicted molar refractivity (Wildman–Crippen MR) is 81.7 cm³/mol. The van der Waals surface area contributed by atoms with Gasteiger partial charge in [-0.05, 0) is 30.7 Å². The molecule has 3 N–H and O–H groups in total.